The van der Waals surface area contributed by atoms with E-state index in [0.717, 1.165) is 0 Å². The number of carboxylic acids is 2. The monoisotopic (exact) mass is 844 g/mol. The summed E-state index contributed by atoms with van der Waals surface area (Å²) in [6, 6.07) is -11.1. The molecule has 59 heavy (non-hydrogen) atoms. The summed E-state index contributed by atoms with van der Waals surface area (Å²) in [5, 5.41) is 42.0. The van der Waals surface area contributed by atoms with Crippen molar-refractivity contribution in [3.05, 3.63) is 0 Å². The Balaban J connectivity index is 6.62. The Labute approximate surface area is 340 Å². The lowest BCUT2D eigenvalue weighted by Gasteiger charge is -2.28. The zero-order valence-corrected chi connectivity index (χ0v) is 33.5. The van der Waals surface area contributed by atoms with Gasteiger partial charge in [0.15, 0.2) is 5.96 Å². The van der Waals surface area contributed by atoms with Gasteiger partial charge in [-0.3, -0.25) is 48.1 Å². The molecule has 19 N–H and O–H groups in total. The van der Waals surface area contributed by atoms with Gasteiger partial charge in [0, 0.05) is 13.0 Å². The van der Waals surface area contributed by atoms with Crippen LogP contribution in [0.4, 0.5) is 0 Å². The number of nitrogens with zero attached hydrogens (tertiary/aromatic N) is 1. The topological polar surface area (TPSA) is 446 Å². The number of aliphatic hydroxyl groups excluding tert-OH is 1. The maximum atomic E-state index is 13.7. The van der Waals surface area contributed by atoms with Gasteiger partial charge in [-0.2, -0.15) is 0 Å². The highest BCUT2D eigenvalue weighted by atomic mass is 16.4. The summed E-state index contributed by atoms with van der Waals surface area (Å²) < 4.78 is 0. The highest BCUT2D eigenvalue weighted by Crippen LogP contribution is 2.12. The average molecular weight is 845 g/mol. The number of carboxylic acid groups (broad SMARTS) is 2. The minimum atomic E-state index is -1.81. The van der Waals surface area contributed by atoms with Crippen molar-refractivity contribution >= 4 is 65.2 Å². The van der Waals surface area contributed by atoms with Crippen LogP contribution < -0.4 is 60.6 Å². The molecule has 0 bridgehead atoms. The first-order valence-corrected chi connectivity index (χ1v) is 18.7. The van der Waals surface area contributed by atoms with Crippen molar-refractivity contribution in [2.24, 2.45) is 45.5 Å². The number of guanidine groups is 1. The quantitative estimate of drug-likeness (QED) is 0.0189. The smallest absolute Gasteiger partial charge is 0.326 e. The minimum absolute atomic E-state index is 0.000480. The Morgan fingerprint density at radius 2 is 1.07 bits per heavy atom. The standard InChI is InChI=1S/C34H60N12O13/c1-5-16(4)26(33(58)59)46-32(57)20(11-15(2)3)44-30(55)21(12-24(37)49)45-29(54)19(8-9-23(36)48)42-28(53)18(7-6-10-40-34(38)39)41-31(56)22(13-25(50)51)43-27(52)17(35)14-47/h15-22,26,47H,5-14,35H2,1-4H3,(H2,36,48)(H2,37,49)(H,41,56)(H,42,53)(H,43,52)(H,44,55)(H,45,54)(H,46,57)(H,50,51)(H,58,59)(H4,38,39,40)/t16-,17-,18-,19-,20-,21-,22-,26-/m0/s1. The fraction of sp³-hybridized carbons (Fsp3) is 0.676. The summed E-state index contributed by atoms with van der Waals surface area (Å²) in [4.78, 5) is 131. The van der Waals surface area contributed by atoms with Crippen LogP contribution in [0.25, 0.3) is 0 Å². The molecule has 0 unspecified atom stereocenters. The van der Waals surface area contributed by atoms with Crippen LogP contribution in [-0.4, -0.2) is 136 Å². The van der Waals surface area contributed by atoms with Crippen molar-refractivity contribution in [2.45, 2.75) is 121 Å². The second-order valence-electron chi connectivity index (χ2n) is 14.2. The summed E-state index contributed by atoms with van der Waals surface area (Å²) >= 11 is 0. The number of primary amides is 2. The van der Waals surface area contributed by atoms with Crippen LogP contribution in [0, 0.1) is 11.8 Å². The zero-order valence-electron chi connectivity index (χ0n) is 33.5. The van der Waals surface area contributed by atoms with Crippen molar-refractivity contribution < 1.29 is 63.3 Å². The van der Waals surface area contributed by atoms with Crippen LogP contribution in [0.15, 0.2) is 4.99 Å². The molecule has 334 valence electrons. The summed E-state index contributed by atoms with van der Waals surface area (Å²) in [6.07, 6.45) is -2.66. The molecule has 0 aliphatic rings. The van der Waals surface area contributed by atoms with Gasteiger partial charge >= 0.3 is 11.9 Å². The van der Waals surface area contributed by atoms with Gasteiger partial charge in [-0.1, -0.05) is 34.1 Å². The van der Waals surface area contributed by atoms with Gasteiger partial charge in [-0.25, -0.2) is 4.79 Å². The van der Waals surface area contributed by atoms with Gasteiger partial charge < -0.3 is 75.9 Å². The number of carbonyl (C=O) groups excluding carboxylic acids is 8. The summed E-state index contributed by atoms with van der Waals surface area (Å²) in [5.41, 5.74) is 26.8. The molecule has 0 aliphatic carbocycles. The number of hydrogen-bond acceptors (Lipinski definition) is 13. The summed E-state index contributed by atoms with van der Waals surface area (Å²) in [7, 11) is 0. The van der Waals surface area contributed by atoms with Gasteiger partial charge in [-0.15, -0.1) is 0 Å². The predicted molar refractivity (Wildman–Crippen MR) is 208 cm³/mol. The van der Waals surface area contributed by atoms with Crippen LogP contribution in [0.2, 0.25) is 0 Å². The number of rotatable bonds is 29. The normalized spacial score (nSPS) is 15.0. The van der Waals surface area contributed by atoms with Gasteiger partial charge in [0.1, 0.15) is 42.3 Å². The Hall–Kier alpha value is -6.11. The molecule has 0 radical (unpaired) electrons. The first-order chi connectivity index (χ1) is 27.4. The molecule has 0 aromatic carbocycles. The van der Waals surface area contributed by atoms with Crippen molar-refractivity contribution in [2.75, 3.05) is 13.2 Å². The molecular weight excluding hydrogens is 784 g/mol. The maximum Gasteiger partial charge on any atom is 0.326 e. The number of nitrogens with one attached hydrogen (secondary N) is 6. The SMILES string of the molecule is CC[C@H](C)[C@H](NC(=O)[C@H](CC(C)C)NC(=O)[C@H](CC(N)=O)NC(=O)[C@H](CCC(N)=O)NC(=O)[C@H](CCCN=C(N)N)NC(=O)[C@H](CC(=O)O)NC(=O)[C@@H](N)CO)C(=O)O. The molecule has 0 aromatic rings. The lowest BCUT2D eigenvalue weighted by atomic mass is 9.97. The molecule has 0 fully saturated rings. The van der Waals surface area contributed by atoms with E-state index >= 15 is 0 Å². The Bertz CT molecular complexity index is 1540. The first-order valence-electron chi connectivity index (χ1n) is 18.7. The number of amides is 8. The van der Waals surface area contributed by atoms with Crippen molar-refractivity contribution in [1.29, 1.82) is 0 Å². The Morgan fingerprint density at radius 1 is 0.610 bits per heavy atom. The molecule has 0 aromatic heterocycles. The molecule has 8 atom stereocenters. The fourth-order valence-corrected chi connectivity index (χ4v) is 5.21. The van der Waals surface area contributed by atoms with E-state index < -0.39 is 140 Å². The first kappa shape index (κ1) is 52.9. The van der Waals surface area contributed by atoms with E-state index in [9.17, 15) is 63.3 Å². The number of hydrogen-bond donors (Lipinski definition) is 14. The highest BCUT2D eigenvalue weighted by Gasteiger charge is 2.35. The highest BCUT2D eigenvalue weighted by molar-refractivity contribution is 5.99. The third-order valence-electron chi connectivity index (χ3n) is 8.59. The number of aliphatic carboxylic acids is 2. The van der Waals surface area contributed by atoms with Crippen LogP contribution >= 0.6 is 0 Å². The van der Waals surface area contributed by atoms with Crippen molar-refractivity contribution in [3.63, 3.8) is 0 Å². The molecule has 0 heterocycles. The minimum Gasteiger partial charge on any atom is -0.481 e. The molecule has 0 rings (SSSR count). The molecule has 0 saturated carbocycles. The van der Waals surface area contributed by atoms with Crippen LogP contribution in [0.1, 0.15) is 79.1 Å². The van der Waals surface area contributed by atoms with Crippen molar-refractivity contribution in [3.8, 4) is 0 Å². The molecule has 0 saturated heterocycles. The third kappa shape index (κ3) is 21.3. The van der Waals surface area contributed by atoms with Gasteiger partial charge in [0.05, 0.1) is 19.4 Å². The number of carbonyl (C=O) groups is 10. The Morgan fingerprint density at radius 3 is 1.51 bits per heavy atom. The van der Waals surface area contributed by atoms with E-state index in [1.807, 2.05) is 0 Å². The van der Waals surface area contributed by atoms with Crippen molar-refractivity contribution in [1.82, 2.24) is 31.9 Å². The lowest BCUT2D eigenvalue weighted by molar-refractivity contribution is -0.144. The molecule has 0 spiro atoms. The zero-order chi connectivity index (χ0) is 45.6. The number of nitrogens with two attached hydrogens (primary N) is 5. The van der Waals surface area contributed by atoms with E-state index in [1.165, 1.54) is 0 Å². The number of aliphatic hydroxyl groups is 1. The third-order valence-corrected chi connectivity index (χ3v) is 8.59. The van der Waals surface area contributed by atoms with Crippen LogP contribution in [-0.2, 0) is 47.9 Å². The second kappa shape index (κ2) is 26.7. The van der Waals surface area contributed by atoms with E-state index in [1.54, 1.807) is 27.7 Å². The largest absolute Gasteiger partial charge is 0.481 e. The van der Waals surface area contributed by atoms with E-state index in [2.05, 4.69) is 36.9 Å². The molecule has 25 nitrogen and oxygen atoms in total. The van der Waals surface area contributed by atoms with Gasteiger partial charge in [0.2, 0.25) is 47.3 Å². The number of aliphatic imine (C=N–C) groups is 1. The van der Waals surface area contributed by atoms with E-state index in [-0.39, 0.29) is 37.7 Å². The molecule has 0 aliphatic heterocycles. The van der Waals surface area contributed by atoms with Gasteiger partial charge in [-0.05, 0) is 37.5 Å². The second-order valence-corrected chi connectivity index (χ2v) is 14.2. The van der Waals surface area contributed by atoms with Crippen LogP contribution in [0.3, 0.4) is 0 Å². The van der Waals surface area contributed by atoms with E-state index in [4.69, 9.17) is 28.7 Å². The fourth-order valence-electron chi connectivity index (χ4n) is 5.21. The summed E-state index contributed by atoms with van der Waals surface area (Å²) in [6.45, 7) is 5.85. The van der Waals surface area contributed by atoms with Crippen LogP contribution in [0.5, 0.6) is 0 Å². The van der Waals surface area contributed by atoms with E-state index in [0.29, 0.717) is 6.42 Å². The average Bonchev–Trinajstić information content (AvgIpc) is 3.13. The molecular formula is C34H60N12O13. The predicted octanol–water partition coefficient (Wildman–Crippen LogP) is -5.94. The van der Waals surface area contributed by atoms with Gasteiger partial charge in [0.25, 0.3) is 0 Å². The maximum absolute atomic E-state index is 13.7. The molecule has 8 amide bonds. The Kier molecular flexibility index (Phi) is 24.0. The molecule has 25 heteroatoms. The summed E-state index contributed by atoms with van der Waals surface area (Å²) in [5.74, 6) is -12.4. The lowest BCUT2D eigenvalue weighted by Crippen LogP contribution is -2.60.